The average molecular weight is 348 g/mol. The molecule has 3 atom stereocenters. The van der Waals surface area contributed by atoms with Crippen LogP contribution in [0.25, 0.3) is 0 Å². The molecule has 4 rings (SSSR count). The number of nitrogens with zero attached hydrogens (tertiary/aromatic N) is 2. The van der Waals surface area contributed by atoms with Crippen LogP contribution in [0.5, 0.6) is 0 Å². The quantitative estimate of drug-likeness (QED) is 0.824. The third kappa shape index (κ3) is 2.55. The maximum absolute atomic E-state index is 13.4. The van der Waals surface area contributed by atoms with Crippen LogP contribution in [-0.2, 0) is 9.59 Å². The Kier molecular flexibility index (Phi) is 4.11. The number of likely N-dealkylation sites (tertiary alicyclic amines) is 1. The summed E-state index contributed by atoms with van der Waals surface area (Å²) in [7, 11) is 0. The van der Waals surface area contributed by atoms with Gasteiger partial charge in [0.05, 0.1) is 17.2 Å². The molecule has 0 aliphatic carbocycles. The highest BCUT2D eigenvalue weighted by Crippen LogP contribution is 2.48. The summed E-state index contributed by atoms with van der Waals surface area (Å²) in [5.74, 6) is 1.81. The molecule has 0 radical (unpaired) electrons. The fourth-order valence-corrected chi connectivity index (χ4v) is 5.77. The number of carbonyl (C=O) groups is 2. The second kappa shape index (κ2) is 6.14. The number of fused-ring (bicyclic) bond motifs is 1. The third-order valence-corrected chi connectivity index (χ3v) is 7.14. The van der Waals surface area contributed by atoms with Crippen molar-refractivity contribution < 1.29 is 14.0 Å². The highest BCUT2D eigenvalue weighted by Gasteiger charge is 2.54. The highest BCUT2D eigenvalue weighted by atomic mass is 32.2. The molecule has 0 spiro atoms. The minimum Gasteiger partial charge on any atom is -0.467 e. The van der Waals surface area contributed by atoms with Crippen LogP contribution < -0.4 is 0 Å². The molecule has 24 heavy (non-hydrogen) atoms. The first-order chi connectivity index (χ1) is 11.6. The van der Waals surface area contributed by atoms with Crippen molar-refractivity contribution in [2.75, 3.05) is 12.3 Å². The number of carbonyl (C=O) groups excluding carboxylic acids is 2. The molecule has 0 saturated carbocycles. The van der Waals surface area contributed by atoms with Crippen LogP contribution in [0.1, 0.15) is 57.3 Å². The Morgan fingerprint density at radius 3 is 3.04 bits per heavy atom. The Bertz CT molecular complexity index is 632. The molecule has 3 aliphatic heterocycles. The molecule has 5 nitrogen and oxygen atoms in total. The topological polar surface area (TPSA) is 53.8 Å². The molecule has 1 aromatic rings. The summed E-state index contributed by atoms with van der Waals surface area (Å²) in [5.41, 5.74) is 0. The lowest BCUT2D eigenvalue weighted by molar-refractivity contribution is -0.145. The van der Waals surface area contributed by atoms with Crippen molar-refractivity contribution >= 4 is 23.6 Å². The van der Waals surface area contributed by atoms with E-state index in [-0.39, 0.29) is 28.8 Å². The summed E-state index contributed by atoms with van der Waals surface area (Å²) in [6, 6.07) is 3.54. The maximum Gasteiger partial charge on any atom is 0.246 e. The predicted molar refractivity (Wildman–Crippen MR) is 92.4 cm³/mol. The minimum atomic E-state index is -0.314. The van der Waals surface area contributed by atoms with E-state index >= 15 is 0 Å². The highest BCUT2D eigenvalue weighted by molar-refractivity contribution is 8.01. The van der Waals surface area contributed by atoms with Gasteiger partial charge in [-0.2, -0.15) is 0 Å². The zero-order valence-corrected chi connectivity index (χ0v) is 14.9. The Morgan fingerprint density at radius 1 is 1.38 bits per heavy atom. The molecule has 0 aromatic carbocycles. The van der Waals surface area contributed by atoms with Gasteiger partial charge in [0.1, 0.15) is 11.8 Å². The Labute approximate surface area is 146 Å². The normalized spacial score (nSPS) is 33.6. The number of hydrogen-bond donors (Lipinski definition) is 0. The van der Waals surface area contributed by atoms with Crippen molar-refractivity contribution in [1.82, 2.24) is 9.80 Å². The van der Waals surface area contributed by atoms with Crippen LogP contribution in [0.2, 0.25) is 0 Å². The molecular weight excluding hydrogens is 324 g/mol. The SMILES string of the molecule is C[C@]12CCC(=O)N1[C@@H](C(=O)N1CCCCC[C@H]1c1ccco1)CS2. The molecule has 0 N–H and O–H groups in total. The van der Waals surface area contributed by atoms with Gasteiger partial charge in [0.2, 0.25) is 11.8 Å². The van der Waals surface area contributed by atoms with E-state index in [0.717, 1.165) is 44.4 Å². The van der Waals surface area contributed by atoms with E-state index in [9.17, 15) is 9.59 Å². The third-order valence-electron chi connectivity index (χ3n) is 5.64. The van der Waals surface area contributed by atoms with Crippen LogP contribution in [0.15, 0.2) is 22.8 Å². The van der Waals surface area contributed by atoms with Gasteiger partial charge in [-0.05, 0) is 38.3 Å². The van der Waals surface area contributed by atoms with Crippen LogP contribution in [-0.4, -0.2) is 44.8 Å². The van der Waals surface area contributed by atoms with E-state index in [2.05, 4.69) is 6.92 Å². The van der Waals surface area contributed by atoms with Gasteiger partial charge >= 0.3 is 0 Å². The maximum atomic E-state index is 13.4. The summed E-state index contributed by atoms with van der Waals surface area (Å²) in [6.07, 6.45) is 7.29. The van der Waals surface area contributed by atoms with Crippen molar-refractivity contribution in [3.05, 3.63) is 24.2 Å². The summed E-state index contributed by atoms with van der Waals surface area (Å²) < 4.78 is 5.62. The lowest BCUT2D eigenvalue weighted by atomic mass is 10.1. The van der Waals surface area contributed by atoms with Crippen molar-refractivity contribution in [2.24, 2.45) is 0 Å². The minimum absolute atomic E-state index is 0.00422. The van der Waals surface area contributed by atoms with Crippen LogP contribution in [0, 0.1) is 0 Å². The van der Waals surface area contributed by atoms with Crippen LogP contribution >= 0.6 is 11.8 Å². The number of amides is 2. The van der Waals surface area contributed by atoms with Crippen molar-refractivity contribution in [1.29, 1.82) is 0 Å². The predicted octanol–water partition coefficient (Wildman–Crippen LogP) is 3.18. The molecular formula is C18H24N2O3S. The largest absolute Gasteiger partial charge is 0.467 e. The number of hydrogen-bond acceptors (Lipinski definition) is 4. The van der Waals surface area contributed by atoms with Gasteiger partial charge in [0.25, 0.3) is 0 Å². The second-order valence-corrected chi connectivity index (χ2v) is 8.68. The van der Waals surface area contributed by atoms with E-state index < -0.39 is 0 Å². The molecule has 3 saturated heterocycles. The van der Waals surface area contributed by atoms with Gasteiger partial charge in [-0.3, -0.25) is 9.59 Å². The summed E-state index contributed by atoms with van der Waals surface area (Å²) in [6.45, 7) is 2.85. The first-order valence-corrected chi connectivity index (χ1v) is 9.89. The summed E-state index contributed by atoms with van der Waals surface area (Å²) in [4.78, 5) is 29.4. The molecule has 4 heterocycles. The molecule has 2 amide bonds. The fourth-order valence-electron chi connectivity index (χ4n) is 4.34. The van der Waals surface area contributed by atoms with Crippen molar-refractivity contribution in [2.45, 2.75) is 62.4 Å². The number of rotatable bonds is 2. The molecule has 130 valence electrons. The fraction of sp³-hybridized carbons (Fsp3) is 0.667. The standard InChI is InChI=1S/C18H24N2O3S/c1-18-9-8-16(21)20(18)14(12-24-18)17(22)19-10-4-2-3-6-13(19)15-7-5-11-23-15/h5,7,11,13-14H,2-4,6,8-10,12H2,1H3/t13-,14+,18-/m0/s1. The van der Waals surface area contributed by atoms with E-state index in [1.807, 2.05) is 21.9 Å². The summed E-state index contributed by atoms with van der Waals surface area (Å²) >= 11 is 1.76. The Balaban J connectivity index is 1.61. The van der Waals surface area contributed by atoms with Gasteiger partial charge < -0.3 is 14.2 Å². The van der Waals surface area contributed by atoms with Crippen LogP contribution in [0.4, 0.5) is 0 Å². The lowest BCUT2D eigenvalue weighted by Crippen LogP contribution is -2.52. The molecule has 0 unspecified atom stereocenters. The van der Waals surface area contributed by atoms with E-state index in [0.29, 0.717) is 12.2 Å². The average Bonchev–Trinajstić information content (AvgIpc) is 3.22. The van der Waals surface area contributed by atoms with E-state index in [4.69, 9.17) is 4.42 Å². The second-order valence-electron chi connectivity index (χ2n) is 7.18. The molecule has 6 heteroatoms. The number of thioether (sulfide) groups is 1. The molecule has 3 fully saturated rings. The van der Waals surface area contributed by atoms with Crippen molar-refractivity contribution in [3.8, 4) is 0 Å². The smallest absolute Gasteiger partial charge is 0.246 e. The number of furan rings is 1. The van der Waals surface area contributed by atoms with Gasteiger partial charge in [0, 0.05) is 18.7 Å². The van der Waals surface area contributed by atoms with E-state index in [1.54, 1.807) is 18.0 Å². The van der Waals surface area contributed by atoms with Gasteiger partial charge in [0.15, 0.2) is 0 Å². The van der Waals surface area contributed by atoms with E-state index in [1.165, 1.54) is 0 Å². The Hall–Kier alpha value is -1.43. The zero-order valence-electron chi connectivity index (χ0n) is 14.1. The lowest BCUT2D eigenvalue weighted by Gasteiger charge is -2.35. The zero-order chi connectivity index (χ0) is 16.7. The first-order valence-electron chi connectivity index (χ1n) is 8.90. The van der Waals surface area contributed by atoms with Gasteiger partial charge in [-0.15, -0.1) is 11.8 Å². The van der Waals surface area contributed by atoms with Crippen molar-refractivity contribution in [3.63, 3.8) is 0 Å². The first kappa shape index (κ1) is 16.1. The van der Waals surface area contributed by atoms with Gasteiger partial charge in [-0.25, -0.2) is 0 Å². The molecule has 1 aromatic heterocycles. The van der Waals surface area contributed by atoms with Crippen LogP contribution in [0.3, 0.4) is 0 Å². The summed E-state index contributed by atoms with van der Waals surface area (Å²) in [5, 5.41) is 0. The monoisotopic (exact) mass is 348 g/mol. The van der Waals surface area contributed by atoms with Gasteiger partial charge in [-0.1, -0.05) is 12.8 Å². The molecule has 3 aliphatic rings. The Morgan fingerprint density at radius 2 is 2.25 bits per heavy atom. The molecule has 0 bridgehead atoms.